The summed E-state index contributed by atoms with van der Waals surface area (Å²) in [5.74, 6) is -0.799. The van der Waals surface area contributed by atoms with E-state index in [1.54, 1.807) is 43.1 Å². The number of benzene rings is 3. The van der Waals surface area contributed by atoms with Gasteiger partial charge in [-0.1, -0.05) is 42.5 Å². The van der Waals surface area contributed by atoms with E-state index in [0.717, 1.165) is 21.8 Å². The zero-order chi connectivity index (χ0) is 22.7. The van der Waals surface area contributed by atoms with Gasteiger partial charge in [0.2, 0.25) is 0 Å². The summed E-state index contributed by atoms with van der Waals surface area (Å²) in [6.07, 6.45) is 1.47. The third-order valence-electron chi connectivity index (χ3n) is 5.28. The molecule has 0 aliphatic carbocycles. The van der Waals surface area contributed by atoms with E-state index in [-0.39, 0.29) is 18.1 Å². The van der Waals surface area contributed by atoms with E-state index in [9.17, 15) is 14.9 Å². The lowest BCUT2D eigenvalue weighted by molar-refractivity contribution is -0.137. The molecule has 4 aromatic rings. The van der Waals surface area contributed by atoms with Gasteiger partial charge in [-0.05, 0) is 42.8 Å². The largest absolute Gasteiger partial charge is 0.462 e. The number of anilines is 1. The standard InChI is InChI=1S/C26H21N3O3/c1-3-32-26(31)18(16-27)15-17-11-13-19(14-12-17)29(2)25(30)22-9-6-8-21-20-7-4-5-10-23(20)28-24(21)22/h4-15,28H,3H2,1-2H3. The van der Waals surface area contributed by atoms with Gasteiger partial charge in [0.05, 0.1) is 17.7 Å². The fourth-order valence-corrected chi connectivity index (χ4v) is 3.66. The third kappa shape index (κ3) is 3.84. The van der Waals surface area contributed by atoms with Crippen LogP contribution in [0.1, 0.15) is 22.8 Å². The van der Waals surface area contributed by atoms with Crippen molar-refractivity contribution in [3.8, 4) is 6.07 Å². The van der Waals surface area contributed by atoms with Gasteiger partial charge in [0.25, 0.3) is 5.91 Å². The van der Waals surface area contributed by atoms with Crippen LogP contribution in [0.5, 0.6) is 0 Å². The van der Waals surface area contributed by atoms with E-state index in [4.69, 9.17) is 4.74 Å². The predicted octanol–water partition coefficient (Wildman–Crippen LogP) is 5.07. The van der Waals surface area contributed by atoms with Crippen LogP contribution in [0.25, 0.3) is 27.9 Å². The number of rotatable bonds is 5. The number of hydrogen-bond donors (Lipinski definition) is 1. The molecule has 0 saturated carbocycles. The average molecular weight is 423 g/mol. The molecule has 6 nitrogen and oxygen atoms in total. The molecule has 0 aliphatic heterocycles. The van der Waals surface area contributed by atoms with Gasteiger partial charge >= 0.3 is 5.97 Å². The van der Waals surface area contributed by atoms with Crippen molar-refractivity contribution >= 4 is 45.4 Å². The van der Waals surface area contributed by atoms with Crippen LogP contribution in [0.3, 0.4) is 0 Å². The molecule has 0 spiro atoms. The third-order valence-corrected chi connectivity index (χ3v) is 5.28. The normalized spacial score (nSPS) is 11.3. The molecule has 6 heteroatoms. The SMILES string of the molecule is CCOC(=O)C(C#N)=Cc1ccc(N(C)C(=O)c2cccc3c2[nH]c2ccccc23)cc1. The number of aromatic amines is 1. The molecule has 0 radical (unpaired) electrons. The summed E-state index contributed by atoms with van der Waals surface area (Å²) in [7, 11) is 1.72. The Kier molecular flexibility index (Phi) is 5.73. The lowest BCUT2D eigenvalue weighted by Crippen LogP contribution is -2.26. The highest BCUT2D eigenvalue weighted by Gasteiger charge is 2.18. The first-order chi connectivity index (χ1) is 15.5. The predicted molar refractivity (Wildman–Crippen MR) is 125 cm³/mol. The van der Waals surface area contributed by atoms with Crippen LogP contribution < -0.4 is 4.90 Å². The maximum atomic E-state index is 13.3. The molecule has 0 unspecified atom stereocenters. The number of H-pyrrole nitrogens is 1. The second-order valence-electron chi connectivity index (χ2n) is 7.24. The second-order valence-corrected chi connectivity index (χ2v) is 7.24. The van der Waals surface area contributed by atoms with Crippen molar-refractivity contribution in [1.82, 2.24) is 4.98 Å². The van der Waals surface area contributed by atoms with Gasteiger partial charge in [0.15, 0.2) is 0 Å². The van der Waals surface area contributed by atoms with Crippen molar-refractivity contribution in [3.05, 3.63) is 83.4 Å². The topological polar surface area (TPSA) is 86.2 Å². The van der Waals surface area contributed by atoms with Gasteiger partial charge in [-0.15, -0.1) is 0 Å². The number of carbonyl (C=O) groups is 2. The molecule has 0 aliphatic rings. The molecular formula is C26H21N3O3. The van der Waals surface area contributed by atoms with Crippen molar-refractivity contribution in [2.75, 3.05) is 18.6 Å². The zero-order valence-electron chi connectivity index (χ0n) is 17.8. The van der Waals surface area contributed by atoms with Gasteiger partial charge in [0.1, 0.15) is 11.6 Å². The zero-order valence-corrected chi connectivity index (χ0v) is 17.8. The van der Waals surface area contributed by atoms with Gasteiger partial charge in [-0.25, -0.2) is 4.79 Å². The molecule has 1 aromatic heterocycles. The molecule has 0 atom stereocenters. The summed E-state index contributed by atoms with van der Waals surface area (Å²) >= 11 is 0. The minimum atomic E-state index is -0.655. The fourth-order valence-electron chi connectivity index (χ4n) is 3.66. The van der Waals surface area contributed by atoms with E-state index in [1.807, 2.05) is 48.5 Å². The van der Waals surface area contributed by atoms with Crippen LogP contribution in [-0.4, -0.2) is 30.5 Å². The summed E-state index contributed by atoms with van der Waals surface area (Å²) in [5, 5.41) is 11.3. The van der Waals surface area contributed by atoms with Crippen molar-refractivity contribution in [3.63, 3.8) is 0 Å². The number of amides is 1. The van der Waals surface area contributed by atoms with E-state index >= 15 is 0 Å². The Bertz CT molecular complexity index is 1390. The maximum absolute atomic E-state index is 13.3. The van der Waals surface area contributed by atoms with Crippen LogP contribution in [0.15, 0.2) is 72.3 Å². The Morgan fingerprint density at radius 1 is 1.03 bits per heavy atom. The van der Waals surface area contributed by atoms with Crippen LogP contribution in [-0.2, 0) is 9.53 Å². The molecule has 4 rings (SSSR count). The van der Waals surface area contributed by atoms with E-state index in [1.165, 1.54) is 6.08 Å². The summed E-state index contributed by atoms with van der Waals surface area (Å²) in [6.45, 7) is 1.89. The summed E-state index contributed by atoms with van der Waals surface area (Å²) in [4.78, 5) is 30.0. The Hall–Kier alpha value is -4.37. The summed E-state index contributed by atoms with van der Waals surface area (Å²) in [6, 6.07) is 22.6. The average Bonchev–Trinajstić information content (AvgIpc) is 3.21. The molecule has 0 saturated heterocycles. The van der Waals surface area contributed by atoms with Gasteiger partial charge < -0.3 is 14.6 Å². The van der Waals surface area contributed by atoms with Crippen molar-refractivity contribution in [2.24, 2.45) is 0 Å². The van der Waals surface area contributed by atoms with Crippen molar-refractivity contribution in [1.29, 1.82) is 5.26 Å². The molecule has 0 bridgehead atoms. The lowest BCUT2D eigenvalue weighted by atomic mass is 10.1. The van der Waals surface area contributed by atoms with Gasteiger partial charge in [-0.2, -0.15) is 5.26 Å². The first-order valence-electron chi connectivity index (χ1n) is 10.2. The smallest absolute Gasteiger partial charge is 0.348 e. The number of ether oxygens (including phenoxy) is 1. The quantitative estimate of drug-likeness (QED) is 0.276. The summed E-state index contributed by atoms with van der Waals surface area (Å²) < 4.78 is 4.88. The Morgan fingerprint density at radius 3 is 2.47 bits per heavy atom. The molecule has 158 valence electrons. The Balaban J connectivity index is 1.63. The van der Waals surface area contributed by atoms with Crippen molar-refractivity contribution < 1.29 is 14.3 Å². The number of nitrogens with zero attached hydrogens (tertiary/aromatic N) is 2. The van der Waals surface area contributed by atoms with Crippen molar-refractivity contribution in [2.45, 2.75) is 6.92 Å². The molecule has 1 N–H and O–H groups in total. The maximum Gasteiger partial charge on any atom is 0.348 e. The number of para-hydroxylation sites is 2. The van der Waals surface area contributed by atoms with Gasteiger partial charge in [0, 0.05) is 29.0 Å². The molecule has 1 heterocycles. The highest BCUT2D eigenvalue weighted by Crippen LogP contribution is 2.29. The van der Waals surface area contributed by atoms with E-state index in [0.29, 0.717) is 16.8 Å². The minimum Gasteiger partial charge on any atom is -0.462 e. The Morgan fingerprint density at radius 2 is 1.75 bits per heavy atom. The first kappa shape index (κ1) is 20.9. The molecule has 3 aromatic carbocycles. The fraction of sp³-hybridized carbons (Fsp3) is 0.115. The molecular weight excluding hydrogens is 402 g/mol. The lowest BCUT2D eigenvalue weighted by Gasteiger charge is -2.18. The van der Waals surface area contributed by atoms with E-state index in [2.05, 4.69) is 4.98 Å². The minimum absolute atomic E-state index is 0.0745. The van der Waals surface area contributed by atoms with Crippen LogP contribution in [0.4, 0.5) is 5.69 Å². The number of carbonyl (C=O) groups excluding carboxylic acids is 2. The number of fused-ring (bicyclic) bond motifs is 3. The highest BCUT2D eigenvalue weighted by molar-refractivity contribution is 6.18. The number of aromatic nitrogens is 1. The molecule has 32 heavy (non-hydrogen) atoms. The summed E-state index contributed by atoms with van der Waals surface area (Å²) in [5.41, 5.74) is 3.65. The number of nitriles is 1. The number of nitrogens with one attached hydrogen (secondary N) is 1. The Labute approximate surface area is 185 Å². The number of esters is 1. The molecule has 0 fully saturated rings. The monoisotopic (exact) mass is 423 g/mol. The molecule has 1 amide bonds. The second kappa shape index (κ2) is 8.78. The first-order valence-corrected chi connectivity index (χ1v) is 10.2. The number of hydrogen-bond acceptors (Lipinski definition) is 4. The highest BCUT2D eigenvalue weighted by atomic mass is 16.5. The van der Waals surface area contributed by atoms with Crippen LogP contribution in [0.2, 0.25) is 0 Å². The van der Waals surface area contributed by atoms with Crippen LogP contribution in [0, 0.1) is 11.3 Å². The van der Waals surface area contributed by atoms with Gasteiger partial charge in [-0.3, -0.25) is 4.79 Å². The van der Waals surface area contributed by atoms with E-state index < -0.39 is 5.97 Å². The van der Waals surface area contributed by atoms with Crippen LogP contribution >= 0.6 is 0 Å².